The van der Waals surface area contributed by atoms with E-state index in [1.165, 1.54) is 23.1 Å². The maximum atomic E-state index is 12.3. The van der Waals surface area contributed by atoms with E-state index in [1.54, 1.807) is 24.3 Å². The van der Waals surface area contributed by atoms with Crippen LogP contribution in [-0.2, 0) is 9.53 Å². The Morgan fingerprint density at radius 2 is 1.96 bits per heavy atom. The molecule has 1 heterocycles. The third-order valence-corrected chi connectivity index (χ3v) is 6.16. The van der Waals surface area contributed by atoms with Gasteiger partial charge in [0.05, 0.1) is 10.7 Å². The summed E-state index contributed by atoms with van der Waals surface area (Å²) in [4.78, 5) is 25.5. The van der Waals surface area contributed by atoms with Gasteiger partial charge < -0.3 is 10.1 Å². The molecule has 0 bridgehead atoms. The van der Waals surface area contributed by atoms with Gasteiger partial charge in [-0.05, 0) is 30.5 Å². The first kappa shape index (κ1) is 19.0. The van der Waals surface area contributed by atoms with E-state index in [0.29, 0.717) is 15.7 Å². The van der Waals surface area contributed by atoms with Crippen molar-refractivity contribution in [2.24, 2.45) is 0 Å². The van der Waals surface area contributed by atoms with Crippen molar-refractivity contribution in [3.63, 3.8) is 0 Å². The van der Waals surface area contributed by atoms with Crippen LogP contribution in [0.5, 0.6) is 0 Å². The van der Waals surface area contributed by atoms with Crippen molar-refractivity contribution in [3.05, 3.63) is 57.4 Å². The number of amides is 1. The lowest BCUT2D eigenvalue weighted by molar-refractivity contribution is -0.119. The third kappa shape index (κ3) is 4.15. The van der Waals surface area contributed by atoms with E-state index in [0.717, 1.165) is 15.0 Å². The van der Waals surface area contributed by atoms with E-state index >= 15 is 0 Å². The van der Waals surface area contributed by atoms with Gasteiger partial charge in [0, 0.05) is 20.0 Å². The Morgan fingerprint density at radius 3 is 2.73 bits per heavy atom. The highest BCUT2D eigenvalue weighted by Gasteiger charge is 2.19. The van der Waals surface area contributed by atoms with Gasteiger partial charge >= 0.3 is 5.97 Å². The van der Waals surface area contributed by atoms with Crippen molar-refractivity contribution >= 4 is 74.0 Å². The van der Waals surface area contributed by atoms with Crippen LogP contribution < -0.4 is 5.32 Å². The second kappa shape index (κ2) is 8.31. The number of para-hydroxylation sites is 1. The molecule has 0 radical (unpaired) electrons. The number of fused-ring (bicyclic) bond motifs is 1. The van der Waals surface area contributed by atoms with Gasteiger partial charge in [0.25, 0.3) is 5.91 Å². The highest BCUT2D eigenvalue weighted by atomic mass is 35.5. The fourth-order valence-electron chi connectivity index (χ4n) is 2.30. The molecule has 2 aromatic carbocycles. The minimum absolute atomic E-state index is 0.251. The van der Waals surface area contributed by atoms with Gasteiger partial charge in [0.2, 0.25) is 0 Å². The molecule has 0 aliphatic carbocycles. The summed E-state index contributed by atoms with van der Waals surface area (Å²) in [6.45, 7) is -0.396. The van der Waals surface area contributed by atoms with E-state index in [2.05, 4.69) is 5.32 Å². The van der Waals surface area contributed by atoms with Crippen molar-refractivity contribution < 1.29 is 14.3 Å². The number of hydrogen-bond donors (Lipinski definition) is 1. The Balaban J connectivity index is 1.67. The van der Waals surface area contributed by atoms with Crippen LogP contribution in [-0.4, -0.2) is 24.7 Å². The number of carbonyl (C=O) groups excluding carboxylic acids is 2. The molecular formula is C18H13Cl2NO3S2. The number of carbonyl (C=O) groups is 2. The number of nitrogens with one attached hydrogen (secondary N) is 1. The molecule has 0 spiro atoms. The average Bonchev–Trinajstić information content (AvgIpc) is 2.96. The Hall–Kier alpha value is -1.73. The molecule has 0 unspecified atom stereocenters. The van der Waals surface area contributed by atoms with Gasteiger partial charge in [-0.2, -0.15) is 0 Å². The molecule has 4 nitrogen and oxygen atoms in total. The molecule has 3 aromatic rings. The zero-order valence-corrected chi connectivity index (χ0v) is 16.7. The van der Waals surface area contributed by atoms with Crippen molar-refractivity contribution in [2.45, 2.75) is 4.90 Å². The van der Waals surface area contributed by atoms with Crippen molar-refractivity contribution in [3.8, 4) is 0 Å². The van der Waals surface area contributed by atoms with E-state index in [-0.39, 0.29) is 4.88 Å². The summed E-state index contributed by atoms with van der Waals surface area (Å²) in [5.41, 5.74) is 0.676. The van der Waals surface area contributed by atoms with Crippen molar-refractivity contribution in [2.75, 3.05) is 18.2 Å². The number of thioether (sulfide) groups is 1. The van der Waals surface area contributed by atoms with Crippen LogP contribution in [0.15, 0.2) is 47.4 Å². The van der Waals surface area contributed by atoms with Crippen molar-refractivity contribution in [1.82, 2.24) is 0 Å². The first-order valence-corrected chi connectivity index (χ1v) is 10.3. The molecule has 0 saturated heterocycles. The smallest absolute Gasteiger partial charge is 0.350 e. The zero-order chi connectivity index (χ0) is 18.7. The lowest BCUT2D eigenvalue weighted by Gasteiger charge is -2.09. The van der Waals surface area contributed by atoms with E-state index in [9.17, 15) is 9.59 Å². The minimum Gasteiger partial charge on any atom is -0.451 e. The summed E-state index contributed by atoms with van der Waals surface area (Å²) < 4.78 is 5.90. The molecule has 3 rings (SSSR count). The molecule has 8 heteroatoms. The van der Waals surface area contributed by atoms with Crippen LogP contribution in [0.4, 0.5) is 5.69 Å². The van der Waals surface area contributed by atoms with Gasteiger partial charge in [-0.1, -0.05) is 41.4 Å². The highest BCUT2D eigenvalue weighted by molar-refractivity contribution is 7.98. The molecule has 1 aromatic heterocycles. The maximum absolute atomic E-state index is 12.3. The lowest BCUT2D eigenvalue weighted by Crippen LogP contribution is -2.21. The number of anilines is 1. The predicted molar refractivity (Wildman–Crippen MR) is 109 cm³/mol. The number of benzene rings is 2. The summed E-state index contributed by atoms with van der Waals surface area (Å²) in [6, 6.07) is 12.6. The first-order chi connectivity index (χ1) is 12.5. The average molecular weight is 426 g/mol. The van der Waals surface area contributed by atoms with Gasteiger partial charge in [-0.15, -0.1) is 23.1 Å². The third-order valence-electron chi connectivity index (χ3n) is 3.49. The molecule has 0 saturated carbocycles. The molecule has 0 fully saturated rings. The second-order valence-electron chi connectivity index (χ2n) is 5.21. The molecule has 26 heavy (non-hydrogen) atoms. The number of hydrogen-bond acceptors (Lipinski definition) is 5. The Bertz CT molecular complexity index is 988. The van der Waals surface area contributed by atoms with Gasteiger partial charge in [-0.25, -0.2) is 4.79 Å². The van der Waals surface area contributed by atoms with Crippen LogP contribution >= 0.6 is 46.3 Å². The minimum atomic E-state index is -0.638. The molecular weight excluding hydrogens is 413 g/mol. The predicted octanol–water partition coefficient (Wildman–Crippen LogP) is 5.73. The van der Waals surface area contributed by atoms with Gasteiger partial charge in [0.1, 0.15) is 4.88 Å². The van der Waals surface area contributed by atoms with Crippen LogP contribution in [0.25, 0.3) is 10.1 Å². The lowest BCUT2D eigenvalue weighted by atomic mass is 10.2. The Kier molecular flexibility index (Phi) is 6.09. The van der Waals surface area contributed by atoms with Crippen molar-refractivity contribution in [1.29, 1.82) is 0 Å². The number of rotatable bonds is 5. The quantitative estimate of drug-likeness (QED) is 0.419. The van der Waals surface area contributed by atoms with Crippen LogP contribution in [0.3, 0.4) is 0 Å². The van der Waals surface area contributed by atoms with Gasteiger partial charge in [0.15, 0.2) is 6.61 Å². The summed E-state index contributed by atoms with van der Waals surface area (Å²) in [6.07, 6.45) is 1.92. The molecule has 0 aliphatic heterocycles. The molecule has 134 valence electrons. The normalized spacial score (nSPS) is 10.7. The monoisotopic (exact) mass is 425 g/mol. The SMILES string of the molecule is CSc1ccccc1NC(=O)COC(=O)c1sc2cc(Cl)ccc2c1Cl. The Morgan fingerprint density at radius 1 is 1.19 bits per heavy atom. The summed E-state index contributed by atoms with van der Waals surface area (Å²) >= 11 is 14.9. The van der Waals surface area contributed by atoms with Gasteiger partial charge in [-0.3, -0.25) is 4.79 Å². The summed E-state index contributed by atoms with van der Waals surface area (Å²) in [7, 11) is 0. The topological polar surface area (TPSA) is 55.4 Å². The molecule has 0 atom stereocenters. The number of thiophene rings is 1. The van der Waals surface area contributed by atoms with E-state index in [1.807, 2.05) is 24.5 Å². The van der Waals surface area contributed by atoms with Crippen LogP contribution in [0.1, 0.15) is 9.67 Å². The van der Waals surface area contributed by atoms with Crippen LogP contribution in [0.2, 0.25) is 10.0 Å². The number of esters is 1. The maximum Gasteiger partial charge on any atom is 0.350 e. The fraction of sp³-hybridized carbons (Fsp3) is 0.111. The van der Waals surface area contributed by atoms with E-state index in [4.69, 9.17) is 27.9 Å². The molecule has 0 aliphatic rings. The standard InChI is InChI=1S/C18H13Cl2NO3S2/c1-25-13-5-3-2-4-12(13)21-15(22)9-24-18(23)17-16(20)11-7-6-10(19)8-14(11)26-17/h2-8H,9H2,1H3,(H,21,22). The summed E-state index contributed by atoms with van der Waals surface area (Å²) in [5, 5.41) is 4.32. The summed E-state index contributed by atoms with van der Waals surface area (Å²) in [5.74, 6) is -1.05. The fourth-order valence-corrected chi connectivity index (χ4v) is 4.53. The number of halogens is 2. The Labute approximate surface area is 168 Å². The zero-order valence-electron chi connectivity index (χ0n) is 13.5. The first-order valence-electron chi connectivity index (χ1n) is 7.47. The van der Waals surface area contributed by atoms with Crippen LogP contribution in [0, 0.1) is 0 Å². The largest absolute Gasteiger partial charge is 0.451 e. The molecule has 1 amide bonds. The second-order valence-corrected chi connectivity index (χ2v) is 7.92. The highest BCUT2D eigenvalue weighted by Crippen LogP contribution is 2.37. The molecule has 1 N–H and O–H groups in total. The van der Waals surface area contributed by atoms with E-state index < -0.39 is 18.5 Å². The number of ether oxygens (including phenoxy) is 1.